The number of aryl methyl sites for hydroxylation is 1. The molecule has 2 atom stereocenters. The van der Waals surface area contributed by atoms with Crippen molar-refractivity contribution in [1.82, 2.24) is 19.6 Å². The standard InChI is InChI=1S/C13H20N4O3S/c1-2-11-14-7-13(16-11)21(19,20)17-6-5-10-9(8-17)3-4-12(18)15-10/h7,9-10H,2-6,8H2,1H3,(H,14,16)(H,15,18). The van der Waals surface area contributed by atoms with Crippen molar-refractivity contribution < 1.29 is 13.2 Å². The number of hydrogen-bond acceptors (Lipinski definition) is 4. The third kappa shape index (κ3) is 2.69. The Labute approximate surface area is 124 Å². The van der Waals surface area contributed by atoms with Gasteiger partial charge in [0.25, 0.3) is 10.0 Å². The highest BCUT2D eigenvalue weighted by Gasteiger charge is 2.38. The fourth-order valence-electron chi connectivity index (χ4n) is 3.09. The van der Waals surface area contributed by atoms with E-state index in [-0.39, 0.29) is 22.9 Å². The number of carbonyl (C=O) groups is 1. The maximum atomic E-state index is 12.6. The summed E-state index contributed by atoms with van der Waals surface area (Å²) in [4.78, 5) is 18.3. The third-order valence-electron chi connectivity index (χ3n) is 4.34. The van der Waals surface area contributed by atoms with Crippen LogP contribution in [-0.4, -0.2) is 47.7 Å². The molecule has 3 rings (SSSR count). The van der Waals surface area contributed by atoms with Crippen molar-refractivity contribution in [3.63, 3.8) is 0 Å². The van der Waals surface area contributed by atoms with Crippen molar-refractivity contribution in [3.8, 4) is 0 Å². The van der Waals surface area contributed by atoms with Gasteiger partial charge in [-0.3, -0.25) is 4.79 Å². The van der Waals surface area contributed by atoms with Crippen molar-refractivity contribution in [2.75, 3.05) is 13.1 Å². The van der Waals surface area contributed by atoms with Crippen LogP contribution in [0.3, 0.4) is 0 Å². The van der Waals surface area contributed by atoms with Gasteiger partial charge in [-0.15, -0.1) is 0 Å². The van der Waals surface area contributed by atoms with Crippen LogP contribution in [0.15, 0.2) is 11.2 Å². The van der Waals surface area contributed by atoms with Crippen molar-refractivity contribution in [1.29, 1.82) is 0 Å². The van der Waals surface area contributed by atoms with E-state index in [4.69, 9.17) is 0 Å². The van der Waals surface area contributed by atoms with E-state index >= 15 is 0 Å². The molecular weight excluding hydrogens is 292 g/mol. The number of piperidine rings is 2. The summed E-state index contributed by atoms with van der Waals surface area (Å²) in [5, 5.41) is 3.13. The van der Waals surface area contributed by atoms with E-state index in [9.17, 15) is 13.2 Å². The Balaban J connectivity index is 1.76. The Hall–Kier alpha value is -1.41. The fourth-order valence-corrected chi connectivity index (χ4v) is 4.53. The minimum absolute atomic E-state index is 0.0775. The Bertz CT molecular complexity index is 640. The zero-order valence-electron chi connectivity index (χ0n) is 12.0. The molecule has 2 N–H and O–H groups in total. The predicted molar refractivity (Wildman–Crippen MR) is 76.0 cm³/mol. The monoisotopic (exact) mass is 312 g/mol. The summed E-state index contributed by atoms with van der Waals surface area (Å²) in [6, 6.07) is 0.116. The molecular formula is C13H20N4O3S. The molecule has 3 heterocycles. The Morgan fingerprint density at radius 2 is 2.24 bits per heavy atom. The van der Waals surface area contributed by atoms with Crippen LogP contribution in [0.5, 0.6) is 0 Å². The van der Waals surface area contributed by atoms with Gasteiger partial charge in [-0.05, 0) is 18.8 Å². The summed E-state index contributed by atoms with van der Waals surface area (Å²) >= 11 is 0. The number of H-pyrrole nitrogens is 1. The highest BCUT2D eigenvalue weighted by Crippen LogP contribution is 2.28. The first kappa shape index (κ1) is 14.5. The summed E-state index contributed by atoms with van der Waals surface area (Å²) in [5.41, 5.74) is 0. The SMILES string of the molecule is CCc1ncc(S(=O)(=O)N2CCC3NC(=O)CCC3C2)[nH]1. The molecule has 7 nitrogen and oxygen atoms in total. The second-order valence-electron chi connectivity index (χ2n) is 5.67. The first-order valence-corrected chi connectivity index (χ1v) is 8.78. The van der Waals surface area contributed by atoms with Crippen LogP contribution in [0.4, 0.5) is 0 Å². The van der Waals surface area contributed by atoms with Gasteiger partial charge in [-0.1, -0.05) is 6.92 Å². The molecule has 2 unspecified atom stereocenters. The number of sulfonamides is 1. The number of aromatic nitrogens is 2. The number of rotatable bonds is 3. The fraction of sp³-hybridized carbons (Fsp3) is 0.692. The topological polar surface area (TPSA) is 95.2 Å². The molecule has 1 aromatic rings. The minimum atomic E-state index is -3.51. The van der Waals surface area contributed by atoms with E-state index in [1.807, 2.05) is 6.92 Å². The van der Waals surface area contributed by atoms with Gasteiger partial charge in [0.2, 0.25) is 5.91 Å². The highest BCUT2D eigenvalue weighted by atomic mass is 32.2. The lowest BCUT2D eigenvalue weighted by Crippen LogP contribution is -2.55. The first-order chi connectivity index (χ1) is 10.0. The van der Waals surface area contributed by atoms with Gasteiger partial charge in [0, 0.05) is 32.0 Å². The molecule has 0 spiro atoms. The van der Waals surface area contributed by atoms with Gasteiger partial charge in [0.1, 0.15) is 5.82 Å². The highest BCUT2D eigenvalue weighted by molar-refractivity contribution is 7.89. The molecule has 0 radical (unpaired) electrons. The van der Waals surface area contributed by atoms with Crippen molar-refractivity contribution in [3.05, 3.63) is 12.0 Å². The van der Waals surface area contributed by atoms with Crippen LogP contribution >= 0.6 is 0 Å². The number of imidazole rings is 1. The van der Waals surface area contributed by atoms with Gasteiger partial charge in [0.05, 0.1) is 6.20 Å². The zero-order chi connectivity index (χ0) is 15.0. The number of nitrogens with one attached hydrogen (secondary N) is 2. The Morgan fingerprint density at radius 3 is 2.95 bits per heavy atom. The van der Waals surface area contributed by atoms with Gasteiger partial charge < -0.3 is 10.3 Å². The summed E-state index contributed by atoms with van der Waals surface area (Å²) in [6.45, 7) is 2.82. The Kier molecular flexibility index (Phi) is 3.75. The van der Waals surface area contributed by atoms with E-state index in [1.54, 1.807) is 0 Å². The molecule has 0 saturated carbocycles. The van der Waals surface area contributed by atoms with Crippen LogP contribution in [0.2, 0.25) is 0 Å². The number of aromatic amines is 1. The summed E-state index contributed by atoms with van der Waals surface area (Å²) in [5.74, 6) is 0.960. The molecule has 1 aromatic heterocycles. The lowest BCUT2D eigenvalue weighted by molar-refractivity contribution is -0.124. The molecule has 2 fully saturated rings. The van der Waals surface area contributed by atoms with Gasteiger partial charge in [-0.25, -0.2) is 13.4 Å². The van der Waals surface area contributed by atoms with Crippen molar-refractivity contribution in [2.45, 2.75) is 43.7 Å². The molecule has 21 heavy (non-hydrogen) atoms. The van der Waals surface area contributed by atoms with Crippen LogP contribution in [0.25, 0.3) is 0 Å². The quantitative estimate of drug-likeness (QED) is 0.837. The van der Waals surface area contributed by atoms with Crippen molar-refractivity contribution >= 4 is 15.9 Å². The van der Waals surface area contributed by atoms with E-state index in [0.717, 1.165) is 6.42 Å². The van der Waals surface area contributed by atoms with Crippen LogP contribution in [0, 0.1) is 5.92 Å². The van der Waals surface area contributed by atoms with Crippen LogP contribution < -0.4 is 5.32 Å². The molecule has 2 saturated heterocycles. The average Bonchev–Trinajstić information content (AvgIpc) is 2.96. The van der Waals surface area contributed by atoms with E-state index in [2.05, 4.69) is 15.3 Å². The molecule has 8 heteroatoms. The largest absolute Gasteiger partial charge is 0.353 e. The molecule has 0 aliphatic carbocycles. The molecule has 116 valence electrons. The van der Waals surface area contributed by atoms with E-state index in [1.165, 1.54) is 10.5 Å². The van der Waals surface area contributed by atoms with Gasteiger partial charge >= 0.3 is 0 Å². The average molecular weight is 312 g/mol. The molecule has 0 bridgehead atoms. The summed E-state index contributed by atoms with van der Waals surface area (Å²) in [7, 11) is -3.51. The zero-order valence-corrected chi connectivity index (χ0v) is 12.8. The normalized spacial score (nSPS) is 27.2. The molecule has 2 aliphatic heterocycles. The Morgan fingerprint density at radius 1 is 1.43 bits per heavy atom. The molecule has 0 aromatic carbocycles. The lowest BCUT2D eigenvalue weighted by atomic mass is 9.86. The molecule has 2 aliphatic rings. The predicted octanol–water partition coefficient (Wildman–Crippen LogP) is 0.261. The number of hydrogen-bond donors (Lipinski definition) is 2. The second-order valence-corrected chi connectivity index (χ2v) is 7.58. The maximum absolute atomic E-state index is 12.6. The molecule has 1 amide bonds. The lowest BCUT2D eigenvalue weighted by Gasteiger charge is -2.40. The first-order valence-electron chi connectivity index (χ1n) is 7.34. The van der Waals surface area contributed by atoms with Crippen LogP contribution in [-0.2, 0) is 21.2 Å². The minimum Gasteiger partial charge on any atom is -0.353 e. The second kappa shape index (κ2) is 5.42. The van der Waals surface area contributed by atoms with E-state index < -0.39 is 10.0 Å². The number of fused-ring (bicyclic) bond motifs is 1. The third-order valence-corrected chi connectivity index (χ3v) is 6.12. The summed E-state index contributed by atoms with van der Waals surface area (Å²) in [6.07, 6.45) is 3.98. The van der Waals surface area contributed by atoms with Gasteiger partial charge in [-0.2, -0.15) is 4.31 Å². The smallest absolute Gasteiger partial charge is 0.260 e. The number of carbonyl (C=O) groups excluding carboxylic acids is 1. The maximum Gasteiger partial charge on any atom is 0.260 e. The van der Waals surface area contributed by atoms with E-state index in [0.29, 0.717) is 38.2 Å². The number of amides is 1. The summed E-state index contributed by atoms with van der Waals surface area (Å²) < 4.78 is 26.8. The van der Waals surface area contributed by atoms with Crippen LogP contribution in [0.1, 0.15) is 32.0 Å². The van der Waals surface area contributed by atoms with Gasteiger partial charge in [0.15, 0.2) is 5.03 Å². The van der Waals surface area contributed by atoms with Crippen molar-refractivity contribution in [2.24, 2.45) is 5.92 Å². The number of nitrogens with zero attached hydrogens (tertiary/aromatic N) is 2.